The molecule has 4 aromatic rings. The van der Waals surface area contributed by atoms with Crippen molar-refractivity contribution in [1.82, 2.24) is 19.9 Å². The quantitative estimate of drug-likeness (QED) is 0.103. The van der Waals surface area contributed by atoms with Crippen molar-refractivity contribution >= 4 is 59.8 Å². The fourth-order valence-electron chi connectivity index (χ4n) is 5.54. The van der Waals surface area contributed by atoms with Gasteiger partial charge in [-0.2, -0.15) is 36.3 Å². The number of halogens is 6. The van der Waals surface area contributed by atoms with Gasteiger partial charge in [-0.15, -0.1) is 0 Å². The maximum absolute atomic E-state index is 14.1. The normalized spacial score (nSPS) is 14.8. The molecule has 1 atom stereocenters. The van der Waals surface area contributed by atoms with E-state index in [1.54, 1.807) is 80.9 Å². The molecule has 0 amide bonds. The Morgan fingerprint density at radius 1 is 0.765 bits per heavy atom. The van der Waals surface area contributed by atoms with Crippen molar-refractivity contribution in [2.24, 2.45) is 0 Å². The Labute approximate surface area is 291 Å². The van der Waals surface area contributed by atoms with Crippen molar-refractivity contribution in [2.75, 3.05) is 60.6 Å². The van der Waals surface area contributed by atoms with Crippen LogP contribution in [0, 0.1) is 0 Å². The summed E-state index contributed by atoms with van der Waals surface area (Å²) in [4.78, 5) is 17.7. The van der Waals surface area contributed by atoms with E-state index < -0.39 is 49.6 Å². The predicted molar refractivity (Wildman–Crippen MR) is 190 cm³/mol. The second-order valence-electron chi connectivity index (χ2n) is 13.2. The minimum Gasteiger partial charge on any atom is -0.367 e. The molecule has 2 aromatic carbocycles. The minimum atomic E-state index is -4.79. The molecule has 0 saturated carbocycles. The summed E-state index contributed by atoms with van der Waals surface area (Å²) in [6.07, 6.45) is -6.53. The fraction of sp³-hybridized carbons (Fsp3) is 0.394. The van der Waals surface area contributed by atoms with E-state index in [4.69, 9.17) is 0 Å². The molecule has 18 heteroatoms. The first-order valence-electron chi connectivity index (χ1n) is 16.0. The van der Waals surface area contributed by atoms with Crippen molar-refractivity contribution in [2.45, 2.75) is 44.6 Å². The van der Waals surface area contributed by atoms with E-state index in [1.807, 2.05) is 0 Å². The maximum atomic E-state index is 14.1. The fourth-order valence-corrected chi connectivity index (χ4v) is 7.30. The van der Waals surface area contributed by atoms with Crippen molar-refractivity contribution in [1.29, 1.82) is 0 Å². The third-order valence-corrected chi connectivity index (χ3v) is 11.2. The van der Waals surface area contributed by atoms with Crippen LogP contribution in [0.5, 0.6) is 0 Å². The van der Waals surface area contributed by atoms with Crippen molar-refractivity contribution in [3.8, 4) is 0 Å². The highest BCUT2D eigenvalue weighted by atomic mass is 31.2. The lowest BCUT2D eigenvalue weighted by atomic mass is 10.0. The highest BCUT2D eigenvalue weighted by Crippen LogP contribution is 2.40. The molecule has 0 spiro atoms. The van der Waals surface area contributed by atoms with E-state index >= 15 is 0 Å². The number of anilines is 6. The molecule has 3 heterocycles. The first-order valence-corrected chi connectivity index (χ1v) is 21.2. The standard InChI is InChI=1S/C33H38F6N8O2P2/c1-20(42-28-25(32(34,35)36)18-40-30(45-28)43-22-8-10-23(11-9-22)50(2,3)48)16-21-17-24(51(4,5)49)12-13-27(21)44-31-41-19-26(33(37,38)39)29(46-31)47-14-6-7-15-47/h8-13,17-20H,6-7,14-16H2,1-5H3,(H,41,44,46)(H2,40,42,43,45). The van der Waals surface area contributed by atoms with E-state index in [9.17, 15) is 35.5 Å². The first kappa shape index (κ1) is 38.1. The van der Waals surface area contributed by atoms with Gasteiger partial charge in [0.1, 0.15) is 37.0 Å². The number of benzene rings is 2. The summed E-state index contributed by atoms with van der Waals surface area (Å²) in [5, 5.41) is 9.82. The summed E-state index contributed by atoms with van der Waals surface area (Å²) >= 11 is 0. The number of rotatable bonds is 11. The van der Waals surface area contributed by atoms with Gasteiger partial charge in [-0.3, -0.25) is 0 Å². The highest BCUT2D eigenvalue weighted by Gasteiger charge is 2.38. The molecule has 1 aliphatic rings. The van der Waals surface area contributed by atoms with Gasteiger partial charge in [0.25, 0.3) is 0 Å². The summed E-state index contributed by atoms with van der Waals surface area (Å²) in [7, 11) is -5.31. The molecule has 274 valence electrons. The molecule has 3 N–H and O–H groups in total. The Balaban J connectivity index is 1.44. The van der Waals surface area contributed by atoms with E-state index in [2.05, 4.69) is 35.9 Å². The molecule has 5 rings (SSSR count). The smallest absolute Gasteiger partial charge is 0.367 e. The van der Waals surface area contributed by atoms with Crippen LogP contribution in [-0.4, -0.2) is 65.7 Å². The van der Waals surface area contributed by atoms with Crippen LogP contribution in [0.4, 0.5) is 61.2 Å². The second kappa shape index (κ2) is 14.5. The Bertz CT molecular complexity index is 1970. The molecule has 1 fully saturated rings. The lowest BCUT2D eigenvalue weighted by Gasteiger charge is -2.23. The van der Waals surface area contributed by atoms with Gasteiger partial charge < -0.3 is 30.0 Å². The molecule has 2 aromatic heterocycles. The Morgan fingerprint density at radius 2 is 1.31 bits per heavy atom. The zero-order valence-electron chi connectivity index (χ0n) is 28.5. The lowest BCUT2D eigenvalue weighted by Crippen LogP contribution is -2.25. The van der Waals surface area contributed by atoms with Crippen LogP contribution in [-0.2, 0) is 27.9 Å². The Morgan fingerprint density at radius 3 is 1.88 bits per heavy atom. The minimum absolute atomic E-state index is 0.0788. The van der Waals surface area contributed by atoms with Gasteiger partial charge in [0.15, 0.2) is 0 Å². The van der Waals surface area contributed by atoms with Gasteiger partial charge in [-0.1, -0.05) is 0 Å². The lowest BCUT2D eigenvalue weighted by molar-refractivity contribution is -0.138. The van der Waals surface area contributed by atoms with Crippen LogP contribution in [0.25, 0.3) is 0 Å². The van der Waals surface area contributed by atoms with Crippen LogP contribution in [0.2, 0.25) is 0 Å². The largest absolute Gasteiger partial charge is 0.421 e. The molecule has 51 heavy (non-hydrogen) atoms. The molecule has 0 radical (unpaired) electrons. The topological polar surface area (TPSA) is 125 Å². The molecular weight excluding hydrogens is 716 g/mol. The monoisotopic (exact) mass is 754 g/mol. The van der Waals surface area contributed by atoms with Gasteiger partial charge in [0.05, 0.1) is 0 Å². The number of nitrogens with one attached hydrogen (secondary N) is 3. The highest BCUT2D eigenvalue weighted by molar-refractivity contribution is 7.70. The Hall–Kier alpha value is -4.16. The van der Waals surface area contributed by atoms with Crippen molar-refractivity contribution < 1.29 is 35.5 Å². The molecule has 0 bridgehead atoms. The first-order chi connectivity index (χ1) is 23.7. The predicted octanol–water partition coefficient (Wildman–Crippen LogP) is 7.93. The van der Waals surface area contributed by atoms with E-state index in [0.29, 0.717) is 46.8 Å². The SMILES string of the molecule is CC(Cc1cc(P(C)(C)=O)ccc1Nc1ncc(C(F)(F)F)c(N2CCCC2)n1)Nc1nc(Nc2ccc(P(C)(C)=O)cc2)ncc1C(F)(F)F. The Kier molecular flexibility index (Phi) is 10.8. The number of hydrogen-bond acceptors (Lipinski definition) is 10. The van der Waals surface area contributed by atoms with Crippen LogP contribution in [0.1, 0.15) is 36.5 Å². The van der Waals surface area contributed by atoms with E-state index in [1.165, 1.54) is 0 Å². The molecule has 10 nitrogen and oxygen atoms in total. The van der Waals surface area contributed by atoms with Gasteiger partial charge in [-0.05, 0) is 101 Å². The maximum Gasteiger partial charge on any atom is 0.421 e. The third-order valence-electron chi connectivity index (χ3n) is 8.19. The molecule has 1 saturated heterocycles. The van der Waals surface area contributed by atoms with Gasteiger partial charge in [0.2, 0.25) is 11.9 Å². The van der Waals surface area contributed by atoms with E-state index in [-0.39, 0.29) is 24.1 Å². The zero-order valence-corrected chi connectivity index (χ0v) is 30.3. The summed E-state index contributed by atoms with van der Waals surface area (Å²) in [5.41, 5.74) is -0.695. The van der Waals surface area contributed by atoms with Gasteiger partial charge in [-0.25, -0.2) is 9.97 Å². The van der Waals surface area contributed by atoms with Crippen molar-refractivity contribution in [3.05, 3.63) is 71.5 Å². The summed E-state index contributed by atoms with van der Waals surface area (Å²) in [6.45, 7) is 8.86. The van der Waals surface area contributed by atoms with Crippen molar-refractivity contribution in [3.63, 3.8) is 0 Å². The number of nitrogens with zero attached hydrogens (tertiary/aromatic N) is 5. The summed E-state index contributed by atoms with van der Waals surface area (Å²) < 4.78 is 109. The van der Waals surface area contributed by atoms with Crippen LogP contribution in [0.3, 0.4) is 0 Å². The van der Waals surface area contributed by atoms with Crippen LogP contribution < -0.4 is 31.5 Å². The average molecular weight is 755 g/mol. The van der Waals surface area contributed by atoms with Gasteiger partial charge in [0, 0.05) is 53.5 Å². The summed E-state index contributed by atoms with van der Waals surface area (Å²) in [6, 6.07) is 10.7. The van der Waals surface area contributed by atoms with Crippen LogP contribution in [0.15, 0.2) is 54.9 Å². The number of hydrogen-bond donors (Lipinski definition) is 3. The molecule has 1 unspecified atom stereocenters. The molecule has 0 aliphatic carbocycles. The zero-order chi connectivity index (χ0) is 37.4. The molecular formula is C33H38F6N8O2P2. The molecule has 1 aliphatic heterocycles. The average Bonchev–Trinajstić information content (AvgIpc) is 3.55. The second-order valence-corrected chi connectivity index (χ2v) is 19.6. The number of aromatic nitrogens is 4. The van der Waals surface area contributed by atoms with Crippen LogP contribution >= 0.6 is 14.3 Å². The third kappa shape index (κ3) is 9.59. The van der Waals surface area contributed by atoms with E-state index in [0.717, 1.165) is 19.0 Å². The van der Waals surface area contributed by atoms with Gasteiger partial charge >= 0.3 is 12.4 Å². The number of alkyl halides is 6. The summed E-state index contributed by atoms with van der Waals surface area (Å²) in [5.74, 6) is -0.941.